The first-order valence-corrected chi connectivity index (χ1v) is 11.1. The van der Waals surface area contributed by atoms with E-state index in [1.54, 1.807) is 24.3 Å². The van der Waals surface area contributed by atoms with Crippen molar-refractivity contribution in [2.45, 2.75) is 25.2 Å². The Hall–Kier alpha value is -4.53. The normalized spacial score (nSPS) is 14.8. The van der Waals surface area contributed by atoms with Gasteiger partial charge in [0.25, 0.3) is 11.8 Å². The molecule has 35 heavy (non-hydrogen) atoms. The number of amides is 3. The Kier molecular flexibility index (Phi) is 7.80. The number of ether oxygens (including phenoxy) is 3. The molecule has 0 fully saturated rings. The third kappa shape index (κ3) is 6.73. The molecule has 0 spiro atoms. The predicted octanol–water partition coefficient (Wildman–Crippen LogP) is 2.51. The number of hydrogen-bond donors (Lipinski definition) is 3. The van der Waals surface area contributed by atoms with Gasteiger partial charge in [0.1, 0.15) is 19.3 Å². The molecule has 3 aromatic carbocycles. The number of carbonyl (C=O) groups excluding carboxylic acids is 3. The maximum absolute atomic E-state index is 12.9. The summed E-state index contributed by atoms with van der Waals surface area (Å²) in [5, 5.41) is 2.57. The Bertz CT molecular complexity index is 1160. The summed E-state index contributed by atoms with van der Waals surface area (Å²) in [5.41, 5.74) is 6.34. The van der Waals surface area contributed by atoms with Crippen molar-refractivity contribution in [1.29, 1.82) is 0 Å². The molecule has 0 bridgehead atoms. The fraction of sp³-hybridized carbons (Fsp3) is 0.192. The van der Waals surface area contributed by atoms with Crippen LogP contribution in [-0.4, -0.2) is 36.7 Å². The number of hydrogen-bond acceptors (Lipinski definition) is 6. The first-order valence-electron chi connectivity index (χ1n) is 11.1. The Morgan fingerprint density at radius 3 is 2.17 bits per heavy atom. The molecule has 0 saturated heterocycles. The van der Waals surface area contributed by atoms with E-state index in [2.05, 4.69) is 16.2 Å². The van der Waals surface area contributed by atoms with E-state index in [1.165, 1.54) is 0 Å². The number of benzene rings is 3. The summed E-state index contributed by atoms with van der Waals surface area (Å²) in [7, 11) is 0. The van der Waals surface area contributed by atoms with Gasteiger partial charge in [-0.3, -0.25) is 20.4 Å². The van der Waals surface area contributed by atoms with Crippen LogP contribution < -0.4 is 25.6 Å². The van der Waals surface area contributed by atoms with Gasteiger partial charge in [-0.15, -0.1) is 0 Å². The third-order valence-corrected chi connectivity index (χ3v) is 5.21. The van der Waals surface area contributed by atoms with E-state index in [-0.39, 0.29) is 19.6 Å². The summed E-state index contributed by atoms with van der Waals surface area (Å²) >= 11 is 0. The fourth-order valence-electron chi connectivity index (χ4n) is 3.41. The van der Waals surface area contributed by atoms with Gasteiger partial charge in [-0.05, 0) is 23.3 Å². The highest BCUT2D eigenvalue weighted by molar-refractivity contribution is 5.89. The van der Waals surface area contributed by atoms with Crippen molar-refractivity contribution in [1.82, 2.24) is 16.2 Å². The molecule has 1 aliphatic rings. The Morgan fingerprint density at radius 1 is 0.829 bits per heavy atom. The number of fused-ring (bicyclic) bond motifs is 1. The molecule has 3 amide bonds. The molecular weight excluding hydrogens is 450 g/mol. The molecule has 0 saturated carbocycles. The lowest BCUT2D eigenvalue weighted by atomic mass is 10.1. The number of nitrogens with one attached hydrogen (secondary N) is 3. The van der Waals surface area contributed by atoms with Crippen LogP contribution in [0.2, 0.25) is 0 Å². The zero-order valence-electron chi connectivity index (χ0n) is 18.8. The average molecular weight is 476 g/mol. The maximum Gasteiger partial charge on any atom is 0.408 e. The van der Waals surface area contributed by atoms with Gasteiger partial charge in [-0.1, -0.05) is 72.8 Å². The lowest BCUT2D eigenvalue weighted by molar-refractivity contribution is -0.135. The smallest absolute Gasteiger partial charge is 0.408 e. The van der Waals surface area contributed by atoms with E-state index >= 15 is 0 Å². The molecule has 180 valence electrons. The second-order valence-corrected chi connectivity index (χ2v) is 7.79. The Balaban J connectivity index is 1.33. The highest BCUT2D eigenvalue weighted by Gasteiger charge is 2.29. The minimum absolute atomic E-state index is 0.00375. The SMILES string of the molecule is O=C(NC(Cc1ccccc1)C(=O)NNC(=O)C1COc2ccccc2O1)OCc1ccccc1. The topological polar surface area (TPSA) is 115 Å². The van der Waals surface area contributed by atoms with E-state index in [9.17, 15) is 14.4 Å². The van der Waals surface area contributed by atoms with Crippen molar-refractivity contribution in [3.63, 3.8) is 0 Å². The Labute approximate surface area is 202 Å². The number of rotatable bonds is 7. The summed E-state index contributed by atoms with van der Waals surface area (Å²) < 4.78 is 16.4. The molecule has 2 atom stereocenters. The van der Waals surface area contributed by atoms with Crippen LogP contribution in [0.15, 0.2) is 84.9 Å². The van der Waals surface area contributed by atoms with Crippen LogP contribution in [0.5, 0.6) is 11.5 Å². The van der Waals surface area contributed by atoms with E-state index < -0.39 is 30.1 Å². The van der Waals surface area contributed by atoms with Crippen molar-refractivity contribution >= 4 is 17.9 Å². The van der Waals surface area contributed by atoms with Crippen LogP contribution in [0, 0.1) is 0 Å². The second kappa shape index (κ2) is 11.6. The fourth-order valence-corrected chi connectivity index (χ4v) is 3.41. The quantitative estimate of drug-likeness (QED) is 0.453. The average Bonchev–Trinajstić information content (AvgIpc) is 2.91. The summed E-state index contributed by atoms with van der Waals surface area (Å²) in [5.74, 6) is -0.217. The highest BCUT2D eigenvalue weighted by atomic mass is 16.6. The van der Waals surface area contributed by atoms with Gasteiger partial charge >= 0.3 is 6.09 Å². The number of para-hydroxylation sites is 2. The molecule has 4 rings (SSSR count). The van der Waals surface area contributed by atoms with Crippen LogP contribution in [0.3, 0.4) is 0 Å². The molecule has 9 heteroatoms. The molecule has 0 radical (unpaired) electrons. The standard InChI is InChI=1S/C26H25N3O6/c30-24(28-29-25(31)23-17-33-21-13-7-8-14-22(21)35-23)20(15-18-9-3-1-4-10-18)27-26(32)34-16-19-11-5-2-6-12-19/h1-14,20,23H,15-17H2,(H,27,32)(H,28,30)(H,29,31). The third-order valence-electron chi connectivity index (χ3n) is 5.21. The van der Waals surface area contributed by atoms with Crippen LogP contribution in [0.25, 0.3) is 0 Å². The summed E-state index contributed by atoms with van der Waals surface area (Å²) in [6.07, 6.45) is -1.50. The summed E-state index contributed by atoms with van der Waals surface area (Å²) in [6.45, 7) is 0.0554. The highest BCUT2D eigenvalue weighted by Crippen LogP contribution is 2.30. The zero-order valence-corrected chi connectivity index (χ0v) is 18.8. The van der Waals surface area contributed by atoms with Crippen LogP contribution >= 0.6 is 0 Å². The van der Waals surface area contributed by atoms with Crippen LogP contribution in [0.4, 0.5) is 4.79 Å². The van der Waals surface area contributed by atoms with E-state index in [0.717, 1.165) is 11.1 Å². The maximum atomic E-state index is 12.9. The minimum Gasteiger partial charge on any atom is -0.485 e. The van der Waals surface area contributed by atoms with Crippen LogP contribution in [0.1, 0.15) is 11.1 Å². The molecule has 0 aromatic heterocycles. The van der Waals surface area contributed by atoms with E-state index in [0.29, 0.717) is 11.5 Å². The van der Waals surface area contributed by atoms with Crippen molar-refractivity contribution in [3.8, 4) is 11.5 Å². The largest absolute Gasteiger partial charge is 0.485 e. The van der Waals surface area contributed by atoms with Crippen molar-refractivity contribution in [2.75, 3.05) is 6.61 Å². The monoisotopic (exact) mass is 475 g/mol. The van der Waals surface area contributed by atoms with Gasteiger partial charge in [-0.25, -0.2) is 4.79 Å². The molecule has 1 heterocycles. The van der Waals surface area contributed by atoms with Gasteiger partial charge in [0.15, 0.2) is 11.5 Å². The molecular formula is C26H25N3O6. The Morgan fingerprint density at radius 2 is 1.46 bits per heavy atom. The lowest BCUT2D eigenvalue weighted by Crippen LogP contribution is -2.56. The molecule has 1 aliphatic heterocycles. The summed E-state index contributed by atoms with van der Waals surface area (Å²) in [6, 6.07) is 24.4. The first-order chi connectivity index (χ1) is 17.1. The van der Waals surface area contributed by atoms with Crippen molar-refractivity contribution in [2.24, 2.45) is 0 Å². The van der Waals surface area contributed by atoms with Crippen molar-refractivity contribution in [3.05, 3.63) is 96.1 Å². The van der Waals surface area contributed by atoms with Gasteiger partial charge in [-0.2, -0.15) is 0 Å². The molecule has 2 unspecified atom stereocenters. The molecule has 3 N–H and O–H groups in total. The lowest BCUT2D eigenvalue weighted by Gasteiger charge is -2.26. The molecule has 3 aromatic rings. The number of hydrazine groups is 1. The number of alkyl carbamates (subject to hydrolysis) is 1. The van der Waals surface area contributed by atoms with Gasteiger partial charge < -0.3 is 19.5 Å². The first kappa shape index (κ1) is 23.6. The molecule has 9 nitrogen and oxygen atoms in total. The van der Waals surface area contributed by atoms with E-state index in [4.69, 9.17) is 14.2 Å². The van der Waals surface area contributed by atoms with Gasteiger partial charge in [0.2, 0.25) is 6.10 Å². The van der Waals surface area contributed by atoms with Crippen LogP contribution in [-0.2, 0) is 27.4 Å². The predicted molar refractivity (Wildman–Crippen MR) is 126 cm³/mol. The second-order valence-electron chi connectivity index (χ2n) is 7.79. The van der Waals surface area contributed by atoms with Gasteiger partial charge in [0.05, 0.1) is 0 Å². The van der Waals surface area contributed by atoms with Gasteiger partial charge in [0, 0.05) is 6.42 Å². The van der Waals surface area contributed by atoms with Crippen molar-refractivity contribution < 1.29 is 28.6 Å². The minimum atomic E-state index is -0.995. The number of carbonyl (C=O) groups is 3. The molecule has 0 aliphatic carbocycles. The van der Waals surface area contributed by atoms with E-state index in [1.807, 2.05) is 60.7 Å². The summed E-state index contributed by atoms with van der Waals surface area (Å²) in [4.78, 5) is 37.8. The zero-order chi connectivity index (χ0) is 24.5.